The number of methoxy groups -OCH3 is 1. The van der Waals surface area contributed by atoms with Crippen molar-refractivity contribution in [3.8, 4) is 0 Å². The van der Waals surface area contributed by atoms with Gasteiger partial charge in [-0.25, -0.2) is 0 Å². The number of ether oxygens (including phenoxy) is 1. The summed E-state index contributed by atoms with van der Waals surface area (Å²) in [6, 6.07) is 0. The molecule has 17 heavy (non-hydrogen) atoms. The van der Waals surface area contributed by atoms with Crippen LogP contribution in [0.25, 0.3) is 0 Å². The molecule has 7 heteroatoms. The Hall–Kier alpha value is -1.14. The molecule has 0 spiro atoms. The molecule has 1 rings (SSSR count). The molecule has 1 aliphatic carbocycles. The summed E-state index contributed by atoms with van der Waals surface area (Å²) < 4.78 is 78.9. The second-order valence-corrected chi connectivity index (χ2v) is 3.59. The highest BCUT2D eigenvalue weighted by Crippen LogP contribution is 2.45. The molecule has 0 aromatic rings. The van der Waals surface area contributed by atoms with Crippen molar-refractivity contribution in [2.75, 3.05) is 7.11 Å². The molecule has 0 fully saturated rings. The third-order valence-electron chi connectivity index (χ3n) is 2.43. The lowest BCUT2D eigenvalue weighted by molar-refractivity contribution is -0.272. The van der Waals surface area contributed by atoms with Gasteiger partial charge in [-0.2, -0.15) is 26.3 Å². The van der Waals surface area contributed by atoms with Gasteiger partial charge in [0.1, 0.15) is 0 Å². The maximum absolute atomic E-state index is 12.4. The van der Waals surface area contributed by atoms with Gasteiger partial charge in [-0.1, -0.05) is 6.08 Å². The van der Waals surface area contributed by atoms with Gasteiger partial charge in [-0.05, 0) is 18.1 Å². The zero-order valence-corrected chi connectivity index (χ0v) is 8.82. The van der Waals surface area contributed by atoms with Gasteiger partial charge >= 0.3 is 12.4 Å². The first-order chi connectivity index (χ1) is 7.66. The number of alkyl halides is 6. The van der Waals surface area contributed by atoms with Crippen LogP contribution in [0, 0.1) is 5.92 Å². The van der Waals surface area contributed by atoms with Crippen LogP contribution in [0.3, 0.4) is 0 Å². The number of hydrogen-bond donors (Lipinski definition) is 0. The van der Waals surface area contributed by atoms with E-state index in [1.54, 1.807) is 0 Å². The summed E-state index contributed by atoms with van der Waals surface area (Å²) >= 11 is 0. The van der Waals surface area contributed by atoms with E-state index in [-0.39, 0.29) is 12.8 Å². The number of rotatable bonds is 2. The van der Waals surface area contributed by atoms with Crippen LogP contribution >= 0.6 is 0 Å². The number of allylic oxidation sites excluding steroid dienone is 4. The Morgan fingerprint density at radius 3 is 1.82 bits per heavy atom. The molecule has 0 saturated heterocycles. The lowest BCUT2D eigenvalue weighted by Crippen LogP contribution is -2.38. The molecule has 0 unspecified atom stereocenters. The van der Waals surface area contributed by atoms with Crippen LogP contribution in [0.4, 0.5) is 26.3 Å². The summed E-state index contributed by atoms with van der Waals surface area (Å²) in [4.78, 5) is 0. The molecule has 0 atom stereocenters. The first-order valence-corrected chi connectivity index (χ1v) is 4.73. The Labute approximate surface area is 93.7 Å². The van der Waals surface area contributed by atoms with Crippen LogP contribution in [0.2, 0.25) is 0 Å². The van der Waals surface area contributed by atoms with Gasteiger partial charge in [-0.15, -0.1) is 0 Å². The molecule has 0 saturated carbocycles. The summed E-state index contributed by atoms with van der Waals surface area (Å²) in [6.45, 7) is 0. The minimum absolute atomic E-state index is 0.0466. The summed E-state index contributed by atoms with van der Waals surface area (Å²) in [5, 5.41) is 0. The van der Waals surface area contributed by atoms with Crippen LogP contribution in [-0.2, 0) is 4.74 Å². The summed E-state index contributed by atoms with van der Waals surface area (Å²) in [6.07, 6.45) is -8.91. The van der Waals surface area contributed by atoms with Crippen molar-refractivity contribution in [1.29, 1.82) is 0 Å². The van der Waals surface area contributed by atoms with Crippen LogP contribution in [0.15, 0.2) is 23.5 Å². The van der Waals surface area contributed by atoms with Crippen molar-refractivity contribution in [2.45, 2.75) is 25.2 Å². The van der Waals surface area contributed by atoms with Gasteiger partial charge in [0, 0.05) is 6.42 Å². The fourth-order valence-corrected chi connectivity index (χ4v) is 1.65. The molecule has 0 amide bonds. The van der Waals surface area contributed by atoms with E-state index in [4.69, 9.17) is 4.74 Å². The zero-order chi connectivity index (χ0) is 13.3. The quantitative estimate of drug-likeness (QED) is 0.682. The molecule has 0 heterocycles. The summed E-state index contributed by atoms with van der Waals surface area (Å²) in [5.74, 6) is -3.01. The fraction of sp³-hybridized carbons (Fsp3) is 0.600. The Bertz CT molecular complexity index is 322. The minimum Gasteiger partial charge on any atom is -0.501 e. The second kappa shape index (κ2) is 4.62. The van der Waals surface area contributed by atoms with E-state index in [1.807, 2.05) is 0 Å². The lowest BCUT2D eigenvalue weighted by atomic mass is 9.90. The Morgan fingerprint density at radius 2 is 1.53 bits per heavy atom. The molecule has 1 aliphatic rings. The van der Waals surface area contributed by atoms with Crippen LogP contribution in [-0.4, -0.2) is 19.5 Å². The number of hydrogen-bond acceptors (Lipinski definition) is 1. The number of halogens is 6. The molecular weight excluding hydrogens is 250 g/mol. The van der Waals surface area contributed by atoms with Crippen LogP contribution < -0.4 is 0 Å². The standard InChI is InChI=1S/C10H10F6O/c1-17-7-4-2-6(3-5-7)8(9(11,12)13)10(14,15)16/h2,4,8H,3,5H2,1H3. The maximum atomic E-state index is 12.4. The molecule has 0 N–H and O–H groups in total. The lowest BCUT2D eigenvalue weighted by Gasteiger charge is -2.27. The topological polar surface area (TPSA) is 9.23 Å². The molecule has 0 aliphatic heterocycles. The Kier molecular flexibility index (Phi) is 3.78. The van der Waals surface area contributed by atoms with E-state index in [9.17, 15) is 26.3 Å². The van der Waals surface area contributed by atoms with Gasteiger partial charge in [0.15, 0.2) is 5.92 Å². The smallest absolute Gasteiger partial charge is 0.404 e. The first-order valence-electron chi connectivity index (χ1n) is 4.73. The highest BCUT2D eigenvalue weighted by Gasteiger charge is 2.58. The van der Waals surface area contributed by atoms with Crippen molar-refractivity contribution in [1.82, 2.24) is 0 Å². The normalized spacial score (nSPS) is 17.9. The van der Waals surface area contributed by atoms with E-state index in [0.29, 0.717) is 5.76 Å². The van der Waals surface area contributed by atoms with Crippen molar-refractivity contribution in [3.05, 3.63) is 23.5 Å². The van der Waals surface area contributed by atoms with Gasteiger partial charge in [0.2, 0.25) is 0 Å². The highest BCUT2D eigenvalue weighted by atomic mass is 19.4. The Morgan fingerprint density at radius 1 is 1.00 bits per heavy atom. The van der Waals surface area contributed by atoms with Crippen LogP contribution in [0.5, 0.6) is 0 Å². The molecule has 1 nitrogen and oxygen atoms in total. The van der Waals surface area contributed by atoms with E-state index in [2.05, 4.69) is 0 Å². The highest BCUT2D eigenvalue weighted by molar-refractivity contribution is 5.25. The monoisotopic (exact) mass is 260 g/mol. The van der Waals surface area contributed by atoms with Crippen molar-refractivity contribution >= 4 is 0 Å². The first kappa shape index (κ1) is 13.9. The SMILES string of the molecule is COC1=CC=C(C(C(F)(F)F)C(F)(F)F)CC1. The van der Waals surface area contributed by atoms with Gasteiger partial charge in [0.05, 0.1) is 12.9 Å². The second-order valence-electron chi connectivity index (χ2n) is 3.59. The molecular formula is C10H10F6O. The third-order valence-corrected chi connectivity index (χ3v) is 2.43. The van der Waals surface area contributed by atoms with Crippen molar-refractivity contribution < 1.29 is 31.1 Å². The predicted molar refractivity (Wildman–Crippen MR) is 48.0 cm³/mol. The predicted octanol–water partition coefficient (Wildman–Crippen LogP) is 3.98. The molecule has 0 radical (unpaired) electrons. The molecule has 0 aromatic carbocycles. The van der Waals surface area contributed by atoms with Crippen molar-refractivity contribution in [2.24, 2.45) is 5.92 Å². The largest absolute Gasteiger partial charge is 0.501 e. The van der Waals surface area contributed by atoms with E-state index < -0.39 is 23.8 Å². The third kappa shape index (κ3) is 3.41. The van der Waals surface area contributed by atoms with E-state index in [1.165, 1.54) is 7.11 Å². The summed E-state index contributed by atoms with van der Waals surface area (Å²) in [5.41, 5.74) is -0.675. The van der Waals surface area contributed by atoms with E-state index >= 15 is 0 Å². The van der Waals surface area contributed by atoms with Gasteiger partial charge < -0.3 is 4.74 Å². The minimum atomic E-state index is -5.32. The van der Waals surface area contributed by atoms with E-state index in [0.717, 1.165) is 12.2 Å². The molecule has 0 aromatic heterocycles. The molecule has 0 bridgehead atoms. The molecule has 98 valence electrons. The average molecular weight is 260 g/mol. The summed E-state index contributed by atoms with van der Waals surface area (Å²) in [7, 11) is 1.32. The van der Waals surface area contributed by atoms with Crippen LogP contribution in [0.1, 0.15) is 12.8 Å². The van der Waals surface area contributed by atoms with Gasteiger partial charge in [-0.3, -0.25) is 0 Å². The average Bonchev–Trinajstić information content (AvgIpc) is 2.14. The zero-order valence-electron chi connectivity index (χ0n) is 8.82. The maximum Gasteiger partial charge on any atom is 0.404 e. The van der Waals surface area contributed by atoms with Gasteiger partial charge in [0.25, 0.3) is 0 Å². The Balaban J connectivity index is 3.03. The fourth-order valence-electron chi connectivity index (χ4n) is 1.65. The van der Waals surface area contributed by atoms with Crippen molar-refractivity contribution in [3.63, 3.8) is 0 Å².